The Bertz CT molecular complexity index is 554. The molecule has 0 fully saturated rings. The van der Waals surface area contributed by atoms with Crippen LogP contribution in [-0.2, 0) is 0 Å². The summed E-state index contributed by atoms with van der Waals surface area (Å²) in [5, 5.41) is 9.98. The van der Waals surface area contributed by atoms with Crippen LogP contribution in [0.25, 0.3) is 0 Å². The summed E-state index contributed by atoms with van der Waals surface area (Å²) in [6, 6.07) is 9.46. The summed E-state index contributed by atoms with van der Waals surface area (Å²) in [6.07, 6.45) is -1.07. The van der Waals surface area contributed by atoms with Gasteiger partial charge in [-0.3, -0.25) is 0 Å². The van der Waals surface area contributed by atoms with Crippen molar-refractivity contribution in [2.45, 2.75) is 6.10 Å². The Hall–Kier alpha value is -0.179. The van der Waals surface area contributed by atoms with E-state index in [2.05, 4.69) is 0 Å². The van der Waals surface area contributed by atoms with Gasteiger partial charge >= 0.3 is 58.4 Å². The Morgan fingerprint density at radius 1 is 0.800 bits per heavy atom. The monoisotopic (exact) mass is 308 g/mol. The number of aliphatic hydroxyl groups is 1. The number of hydrogen-bond acceptors (Lipinski definition) is 1. The number of aliphatic hydroxyl groups excluding tert-OH is 1. The first-order chi connectivity index (χ1) is 8.88. The molecule has 1 N–H and O–H groups in total. The van der Waals surface area contributed by atoms with E-state index in [0.717, 1.165) is 12.1 Å². The molecule has 0 spiro atoms. The predicted molar refractivity (Wildman–Crippen MR) is 65.6 cm³/mol. The summed E-state index contributed by atoms with van der Waals surface area (Å²) < 4.78 is 50.1. The van der Waals surface area contributed by atoms with Crippen LogP contribution in [0.3, 0.4) is 0 Å². The topological polar surface area (TPSA) is 20.2 Å². The molecule has 1 nitrogen and oxygen atoms in total. The molecule has 0 amide bonds. The fraction of sp³-hybridized carbons (Fsp3) is 0.0769. The minimum absolute atomic E-state index is 0. The van der Waals surface area contributed by atoms with Crippen molar-refractivity contribution in [1.82, 2.24) is 0 Å². The van der Waals surface area contributed by atoms with Gasteiger partial charge in [-0.25, -0.2) is 4.39 Å². The molecule has 0 saturated heterocycles. The van der Waals surface area contributed by atoms with Crippen molar-refractivity contribution in [3.05, 3.63) is 65.5 Å². The van der Waals surface area contributed by atoms with Crippen molar-refractivity contribution in [3.8, 4) is 0 Å². The molecule has 2 aromatic carbocycles. The Labute approximate surface area is 156 Å². The second kappa shape index (κ2) is 7.20. The molecule has 1 unspecified atom stereocenters. The van der Waals surface area contributed by atoms with Crippen LogP contribution >= 0.6 is 0 Å². The molecule has 100 valence electrons. The first-order valence-electron chi connectivity index (χ1n) is 5.61. The van der Waals surface area contributed by atoms with Gasteiger partial charge < -0.3 is 18.1 Å². The zero-order valence-corrected chi connectivity index (χ0v) is 13.9. The average molecular weight is 308 g/mol. The molecule has 0 saturated carbocycles. The average Bonchev–Trinajstić information content (AvgIpc) is 2.38. The fourth-order valence-corrected chi connectivity index (χ4v) is 1.73. The van der Waals surface area contributed by atoms with Crippen LogP contribution in [0.1, 0.15) is 17.2 Å². The second-order valence-electron chi connectivity index (χ2n) is 4.20. The van der Waals surface area contributed by atoms with Crippen LogP contribution < -0.4 is 56.8 Å². The van der Waals surface area contributed by atoms with Crippen molar-refractivity contribution in [3.63, 3.8) is 0 Å². The van der Waals surface area contributed by atoms with Gasteiger partial charge in [0.2, 0.25) is 0 Å². The number of rotatable bonds is 3. The molecule has 0 aliphatic heterocycles. The van der Waals surface area contributed by atoms with Gasteiger partial charge in [-0.2, -0.15) is 0 Å². The second-order valence-corrected chi connectivity index (χ2v) is 4.20. The summed E-state index contributed by atoms with van der Waals surface area (Å²) in [4.78, 5) is 0. The maximum atomic E-state index is 12.7. The molecule has 0 aromatic heterocycles. The van der Waals surface area contributed by atoms with Gasteiger partial charge in [-0.05, 0) is 23.3 Å². The van der Waals surface area contributed by atoms with Gasteiger partial charge in [0.05, 0.1) is 0 Å². The maximum absolute atomic E-state index is 12.7. The van der Waals surface area contributed by atoms with Gasteiger partial charge in [0.1, 0.15) is 11.9 Å². The number of hydrogen-bond donors (Lipinski definition) is 1. The maximum Gasteiger partial charge on any atom is 1.00 e. The van der Waals surface area contributed by atoms with E-state index >= 15 is 0 Å². The van der Waals surface area contributed by atoms with E-state index in [-0.39, 0.29) is 51.4 Å². The first kappa shape index (κ1) is 17.9. The Morgan fingerprint density at radius 3 is 1.60 bits per heavy atom. The third kappa shape index (κ3) is 4.41. The van der Waals surface area contributed by atoms with Crippen molar-refractivity contribution in [1.29, 1.82) is 0 Å². The van der Waals surface area contributed by atoms with Crippen LogP contribution in [0, 0.1) is 5.82 Å². The molecular weight excluding hydrogens is 298 g/mol. The standard InChI is InChI=1S/C13H10BF4O.K/c15-12-7-3-10(4-8-12)13(19)9-1-5-11(6-2-9)14(16,17)18;/h1-8,13,19H;/q-1;+1. The van der Waals surface area contributed by atoms with Crippen LogP contribution in [0.15, 0.2) is 48.5 Å². The number of benzene rings is 2. The van der Waals surface area contributed by atoms with Crippen molar-refractivity contribution < 1.29 is 73.8 Å². The molecule has 2 rings (SSSR count). The van der Waals surface area contributed by atoms with Crippen LogP contribution in [-0.4, -0.2) is 12.1 Å². The quantitative estimate of drug-likeness (QED) is 0.623. The van der Waals surface area contributed by atoms with Crippen LogP contribution in [0.5, 0.6) is 0 Å². The van der Waals surface area contributed by atoms with E-state index < -0.39 is 24.4 Å². The largest absolute Gasteiger partial charge is 1.00 e. The summed E-state index contributed by atoms with van der Waals surface area (Å²) >= 11 is 0. The molecule has 7 heteroatoms. The molecule has 0 heterocycles. The zero-order valence-electron chi connectivity index (χ0n) is 10.7. The molecule has 0 radical (unpaired) electrons. The zero-order chi connectivity index (χ0) is 14.0. The van der Waals surface area contributed by atoms with E-state index in [0.29, 0.717) is 11.1 Å². The van der Waals surface area contributed by atoms with Crippen molar-refractivity contribution in [2.75, 3.05) is 0 Å². The molecule has 0 aliphatic rings. The molecule has 0 aliphatic carbocycles. The van der Waals surface area contributed by atoms with Crippen LogP contribution in [0.4, 0.5) is 17.3 Å². The Kier molecular flexibility index (Phi) is 6.43. The summed E-state index contributed by atoms with van der Waals surface area (Å²) in [5.41, 5.74) is 0.0390. The molecule has 0 bridgehead atoms. The van der Waals surface area contributed by atoms with E-state index in [1.807, 2.05) is 0 Å². The normalized spacial score (nSPS) is 12.7. The summed E-state index contributed by atoms with van der Waals surface area (Å²) in [5.74, 6) is -0.439. The van der Waals surface area contributed by atoms with Crippen molar-refractivity contribution in [2.24, 2.45) is 0 Å². The smallest absolute Gasteiger partial charge is 0.445 e. The van der Waals surface area contributed by atoms with E-state index in [4.69, 9.17) is 0 Å². The Morgan fingerprint density at radius 2 is 1.20 bits per heavy atom. The molecule has 2 aromatic rings. The SMILES string of the molecule is OC(c1ccc(F)cc1)c1ccc([B-](F)(F)F)cc1.[K+]. The van der Waals surface area contributed by atoms with Gasteiger partial charge in [0.25, 0.3) is 0 Å². The summed E-state index contributed by atoms with van der Waals surface area (Å²) in [6.45, 7) is -5.04. The third-order valence-electron chi connectivity index (χ3n) is 2.82. The summed E-state index contributed by atoms with van der Waals surface area (Å²) in [7, 11) is 0. The van der Waals surface area contributed by atoms with Crippen LogP contribution in [0.2, 0.25) is 0 Å². The van der Waals surface area contributed by atoms with E-state index in [9.17, 15) is 22.4 Å². The molecule has 1 atom stereocenters. The fourth-order valence-electron chi connectivity index (χ4n) is 1.73. The van der Waals surface area contributed by atoms with Crippen molar-refractivity contribution >= 4 is 12.4 Å². The Balaban J connectivity index is 0.00000200. The molecular formula is C13H10BF4KO. The van der Waals surface area contributed by atoms with E-state index in [1.165, 1.54) is 36.4 Å². The third-order valence-corrected chi connectivity index (χ3v) is 2.82. The molecule has 20 heavy (non-hydrogen) atoms. The van der Waals surface area contributed by atoms with Gasteiger partial charge in [-0.1, -0.05) is 36.4 Å². The van der Waals surface area contributed by atoms with Gasteiger partial charge in [-0.15, -0.1) is 5.46 Å². The first-order valence-corrected chi connectivity index (χ1v) is 5.61. The van der Waals surface area contributed by atoms with E-state index in [1.54, 1.807) is 0 Å². The van der Waals surface area contributed by atoms with Gasteiger partial charge in [0.15, 0.2) is 0 Å². The number of halogens is 4. The van der Waals surface area contributed by atoms with Gasteiger partial charge in [0, 0.05) is 0 Å². The minimum Gasteiger partial charge on any atom is -0.445 e. The predicted octanol–water partition coefficient (Wildman–Crippen LogP) is -0.0342. The minimum atomic E-state index is -5.04.